The van der Waals surface area contributed by atoms with Crippen molar-refractivity contribution in [3.8, 4) is 0 Å². The summed E-state index contributed by atoms with van der Waals surface area (Å²) in [5, 5.41) is 3.50. The van der Waals surface area contributed by atoms with E-state index >= 15 is 0 Å². The number of hydrogen-bond donors (Lipinski definition) is 1. The zero-order chi connectivity index (χ0) is 12.3. The zero-order valence-corrected chi connectivity index (χ0v) is 10.9. The van der Waals surface area contributed by atoms with E-state index in [0.717, 1.165) is 25.3 Å². The SMILES string of the molecule is CCNC(C1=CCCO1)c1cc(C)cc(C)c1. The van der Waals surface area contributed by atoms with Crippen molar-refractivity contribution in [1.82, 2.24) is 5.32 Å². The van der Waals surface area contributed by atoms with Gasteiger partial charge in [-0.1, -0.05) is 36.2 Å². The van der Waals surface area contributed by atoms with Crippen LogP contribution >= 0.6 is 0 Å². The van der Waals surface area contributed by atoms with Gasteiger partial charge in [-0.3, -0.25) is 0 Å². The summed E-state index contributed by atoms with van der Waals surface area (Å²) in [5.41, 5.74) is 3.92. The molecular formula is C15H21NO. The third-order valence-corrected chi connectivity index (χ3v) is 3.00. The Morgan fingerprint density at radius 1 is 1.24 bits per heavy atom. The lowest BCUT2D eigenvalue weighted by Crippen LogP contribution is -2.23. The molecule has 0 amide bonds. The van der Waals surface area contributed by atoms with Crippen molar-refractivity contribution in [2.24, 2.45) is 0 Å². The van der Waals surface area contributed by atoms with Crippen molar-refractivity contribution in [1.29, 1.82) is 0 Å². The van der Waals surface area contributed by atoms with E-state index in [0.29, 0.717) is 0 Å². The number of ether oxygens (including phenoxy) is 1. The topological polar surface area (TPSA) is 21.3 Å². The van der Waals surface area contributed by atoms with Gasteiger partial charge in [0.1, 0.15) is 5.76 Å². The highest BCUT2D eigenvalue weighted by Crippen LogP contribution is 2.27. The van der Waals surface area contributed by atoms with Crippen molar-refractivity contribution in [2.75, 3.05) is 13.2 Å². The lowest BCUT2D eigenvalue weighted by atomic mass is 10.00. The number of hydrogen-bond acceptors (Lipinski definition) is 2. The molecule has 0 saturated heterocycles. The van der Waals surface area contributed by atoms with E-state index in [4.69, 9.17) is 4.74 Å². The first kappa shape index (κ1) is 12.2. The maximum absolute atomic E-state index is 5.70. The summed E-state index contributed by atoms with van der Waals surface area (Å²) in [6, 6.07) is 6.89. The highest BCUT2D eigenvalue weighted by molar-refractivity contribution is 5.34. The van der Waals surface area contributed by atoms with Gasteiger partial charge in [-0.05, 0) is 32.0 Å². The number of benzene rings is 1. The molecule has 0 radical (unpaired) electrons. The van der Waals surface area contributed by atoms with Crippen molar-refractivity contribution >= 4 is 0 Å². The largest absolute Gasteiger partial charge is 0.496 e. The Morgan fingerprint density at radius 2 is 1.94 bits per heavy atom. The Balaban J connectivity index is 2.31. The van der Waals surface area contributed by atoms with E-state index in [1.54, 1.807) is 0 Å². The average molecular weight is 231 g/mol. The van der Waals surface area contributed by atoms with Gasteiger partial charge in [-0.25, -0.2) is 0 Å². The van der Waals surface area contributed by atoms with Crippen LogP contribution < -0.4 is 5.32 Å². The summed E-state index contributed by atoms with van der Waals surface area (Å²) < 4.78 is 5.70. The molecule has 0 bridgehead atoms. The normalized spacial score (nSPS) is 16.5. The minimum Gasteiger partial charge on any atom is -0.496 e. The van der Waals surface area contributed by atoms with Gasteiger partial charge in [0, 0.05) is 6.42 Å². The van der Waals surface area contributed by atoms with Crippen LogP contribution in [0.15, 0.2) is 30.0 Å². The second-order valence-electron chi connectivity index (χ2n) is 4.66. The first-order valence-electron chi connectivity index (χ1n) is 6.35. The van der Waals surface area contributed by atoms with Crippen LogP contribution in [-0.2, 0) is 4.74 Å². The summed E-state index contributed by atoms with van der Waals surface area (Å²) in [4.78, 5) is 0. The van der Waals surface area contributed by atoms with E-state index < -0.39 is 0 Å². The molecule has 1 N–H and O–H groups in total. The van der Waals surface area contributed by atoms with Crippen LogP contribution in [0.2, 0.25) is 0 Å². The van der Waals surface area contributed by atoms with Crippen molar-refractivity contribution < 1.29 is 4.74 Å². The summed E-state index contributed by atoms with van der Waals surface area (Å²) >= 11 is 0. The number of aryl methyl sites for hydroxylation is 2. The first-order chi connectivity index (χ1) is 8.20. The average Bonchev–Trinajstić information content (AvgIpc) is 2.77. The van der Waals surface area contributed by atoms with Gasteiger partial charge in [-0.2, -0.15) is 0 Å². The Hall–Kier alpha value is -1.28. The van der Waals surface area contributed by atoms with Gasteiger partial charge in [0.2, 0.25) is 0 Å². The van der Waals surface area contributed by atoms with Crippen LogP contribution in [0.25, 0.3) is 0 Å². The van der Waals surface area contributed by atoms with E-state index in [1.807, 2.05) is 0 Å². The molecule has 2 heteroatoms. The third-order valence-electron chi connectivity index (χ3n) is 3.00. The minimum atomic E-state index is 0.209. The second kappa shape index (κ2) is 5.37. The van der Waals surface area contributed by atoms with Crippen LogP contribution in [0.4, 0.5) is 0 Å². The van der Waals surface area contributed by atoms with Gasteiger partial charge in [0.15, 0.2) is 0 Å². The number of nitrogens with one attached hydrogen (secondary N) is 1. The molecule has 0 spiro atoms. The smallest absolute Gasteiger partial charge is 0.114 e. The monoisotopic (exact) mass is 231 g/mol. The molecule has 0 aliphatic carbocycles. The van der Waals surface area contributed by atoms with E-state index in [9.17, 15) is 0 Å². The third kappa shape index (κ3) is 2.89. The van der Waals surface area contributed by atoms with E-state index in [-0.39, 0.29) is 6.04 Å². The van der Waals surface area contributed by atoms with Crippen molar-refractivity contribution in [3.05, 3.63) is 46.7 Å². The van der Waals surface area contributed by atoms with E-state index in [2.05, 4.69) is 50.4 Å². The molecule has 1 heterocycles. The highest BCUT2D eigenvalue weighted by atomic mass is 16.5. The molecule has 1 aromatic carbocycles. The Kier molecular flexibility index (Phi) is 3.85. The maximum Gasteiger partial charge on any atom is 0.114 e. The Bertz CT molecular complexity index is 403. The molecule has 1 atom stereocenters. The molecule has 2 rings (SSSR count). The fourth-order valence-electron chi connectivity index (χ4n) is 2.40. The fraction of sp³-hybridized carbons (Fsp3) is 0.467. The Morgan fingerprint density at radius 3 is 2.47 bits per heavy atom. The van der Waals surface area contributed by atoms with Gasteiger partial charge in [-0.15, -0.1) is 0 Å². The van der Waals surface area contributed by atoms with Gasteiger partial charge < -0.3 is 10.1 Å². The predicted octanol–water partition coefficient (Wildman–Crippen LogP) is 3.26. The van der Waals surface area contributed by atoms with Gasteiger partial charge in [0.25, 0.3) is 0 Å². The van der Waals surface area contributed by atoms with Crippen LogP contribution in [-0.4, -0.2) is 13.2 Å². The number of likely N-dealkylation sites (N-methyl/N-ethyl adjacent to an activating group) is 1. The van der Waals surface area contributed by atoms with Crippen LogP contribution in [0.3, 0.4) is 0 Å². The summed E-state index contributed by atoms with van der Waals surface area (Å²) in [5.74, 6) is 1.08. The van der Waals surface area contributed by atoms with Gasteiger partial charge >= 0.3 is 0 Å². The molecule has 1 aliphatic rings. The summed E-state index contributed by atoms with van der Waals surface area (Å²) in [7, 11) is 0. The van der Waals surface area contributed by atoms with Crippen molar-refractivity contribution in [3.63, 3.8) is 0 Å². The van der Waals surface area contributed by atoms with Crippen LogP contribution in [0.5, 0.6) is 0 Å². The zero-order valence-electron chi connectivity index (χ0n) is 10.9. The lowest BCUT2D eigenvalue weighted by molar-refractivity contribution is 0.216. The number of rotatable bonds is 4. The van der Waals surface area contributed by atoms with Gasteiger partial charge in [0.05, 0.1) is 12.6 Å². The minimum absolute atomic E-state index is 0.209. The maximum atomic E-state index is 5.70. The molecule has 0 saturated carbocycles. The fourth-order valence-corrected chi connectivity index (χ4v) is 2.40. The second-order valence-corrected chi connectivity index (χ2v) is 4.66. The lowest BCUT2D eigenvalue weighted by Gasteiger charge is -2.20. The molecule has 17 heavy (non-hydrogen) atoms. The molecule has 1 unspecified atom stereocenters. The Labute approximate surface area is 104 Å². The van der Waals surface area contributed by atoms with E-state index in [1.165, 1.54) is 16.7 Å². The predicted molar refractivity (Wildman–Crippen MR) is 71.0 cm³/mol. The standard InChI is InChI=1S/C15H21NO/c1-4-16-15(14-6-5-7-17-14)13-9-11(2)8-12(3)10-13/h6,8-10,15-16H,4-5,7H2,1-3H3. The van der Waals surface area contributed by atoms with Crippen LogP contribution in [0, 0.1) is 13.8 Å². The summed E-state index contributed by atoms with van der Waals surface area (Å²) in [6.45, 7) is 8.18. The molecule has 92 valence electrons. The molecular weight excluding hydrogens is 210 g/mol. The van der Waals surface area contributed by atoms with Crippen LogP contribution in [0.1, 0.15) is 36.1 Å². The quantitative estimate of drug-likeness (QED) is 0.858. The molecule has 1 aliphatic heterocycles. The molecule has 0 fully saturated rings. The molecule has 1 aromatic rings. The summed E-state index contributed by atoms with van der Waals surface area (Å²) in [6.07, 6.45) is 3.23. The molecule has 2 nitrogen and oxygen atoms in total. The first-order valence-corrected chi connectivity index (χ1v) is 6.35. The molecule has 0 aromatic heterocycles. The van der Waals surface area contributed by atoms with Crippen molar-refractivity contribution in [2.45, 2.75) is 33.2 Å². The highest BCUT2D eigenvalue weighted by Gasteiger charge is 2.20.